The van der Waals surface area contributed by atoms with Crippen LogP contribution in [0.4, 0.5) is 5.69 Å². The molecule has 0 radical (unpaired) electrons. The van der Waals surface area contributed by atoms with Gasteiger partial charge in [-0.25, -0.2) is 0 Å². The SMILES string of the molecule is O=C(c1cccc(Br)c1)N1CCCCCCCCN(C(=O)C2CC2)c2ccccc2C1. The molecule has 2 amide bonds. The highest BCUT2D eigenvalue weighted by molar-refractivity contribution is 9.10. The van der Waals surface area contributed by atoms with E-state index in [9.17, 15) is 9.59 Å². The Morgan fingerprint density at radius 3 is 2.29 bits per heavy atom. The molecule has 31 heavy (non-hydrogen) atoms. The van der Waals surface area contributed by atoms with Gasteiger partial charge in [0, 0.05) is 41.3 Å². The summed E-state index contributed by atoms with van der Waals surface area (Å²) < 4.78 is 0.908. The number of rotatable bonds is 2. The second kappa shape index (κ2) is 10.4. The number of hydrogen-bond acceptors (Lipinski definition) is 2. The predicted octanol–water partition coefficient (Wildman–Crippen LogP) is 6.19. The number of anilines is 1. The topological polar surface area (TPSA) is 40.6 Å². The maximum absolute atomic E-state index is 13.4. The van der Waals surface area contributed by atoms with Gasteiger partial charge in [0.25, 0.3) is 5.91 Å². The van der Waals surface area contributed by atoms with Gasteiger partial charge in [-0.3, -0.25) is 9.59 Å². The molecule has 2 aromatic carbocycles. The van der Waals surface area contributed by atoms with Crippen molar-refractivity contribution in [1.29, 1.82) is 0 Å². The van der Waals surface area contributed by atoms with Crippen molar-refractivity contribution >= 4 is 33.4 Å². The molecule has 1 aliphatic heterocycles. The number of carbonyl (C=O) groups excluding carboxylic acids is 2. The van der Waals surface area contributed by atoms with Crippen molar-refractivity contribution in [3.8, 4) is 0 Å². The van der Waals surface area contributed by atoms with E-state index >= 15 is 0 Å². The molecule has 0 unspecified atom stereocenters. The lowest BCUT2D eigenvalue weighted by Crippen LogP contribution is -2.36. The van der Waals surface area contributed by atoms with Crippen LogP contribution in [0.2, 0.25) is 0 Å². The molecule has 4 rings (SSSR count). The average Bonchev–Trinajstić information content (AvgIpc) is 3.62. The number of para-hydroxylation sites is 1. The van der Waals surface area contributed by atoms with Crippen LogP contribution in [0.1, 0.15) is 67.3 Å². The summed E-state index contributed by atoms with van der Waals surface area (Å²) in [5, 5.41) is 0. The van der Waals surface area contributed by atoms with Crippen molar-refractivity contribution in [3.63, 3.8) is 0 Å². The van der Waals surface area contributed by atoms with Gasteiger partial charge in [0.15, 0.2) is 0 Å². The Bertz CT molecular complexity index is 925. The fourth-order valence-electron chi connectivity index (χ4n) is 4.35. The highest BCUT2D eigenvalue weighted by Gasteiger charge is 2.34. The number of hydrogen-bond donors (Lipinski definition) is 0. The molecule has 1 fully saturated rings. The van der Waals surface area contributed by atoms with Crippen LogP contribution >= 0.6 is 15.9 Å². The monoisotopic (exact) mass is 482 g/mol. The minimum atomic E-state index is 0.0473. The van der Waals surface area contributed by atoms with E-state index in [2.05, 4.69) is 28.1 Å². The molecule has 4 nitrogen and oxygen atoms in total. The zero-order valence-electron chi connectivity index (χ0n) is 18.1. The third-order valence-electron chi connectivity index (χ3n) is 6.25. The smallest absolute Gasteiger partial charge is 0.254 e. The van der Waals surface area contributed by atoms with Crippen LogP contribution in [0.25, 0.3) is 0 Å². The molecule has 1 aliphatic carbocycles. The first-order chi connectivity index (χ1) is 15.1. The number of halogens is 1. The van der Waals surface area contributed by atoms with E-state index in [4.69, 9.17) is 0 Å². The van der Waals surface area contributed by atoms with Crippen molar-refractivity contribution in [1.82, 2.24) is 4.90 Å². The molecule has 1 saturated carbocycles. The molecule has 5 heteroatoms. The Morgan fingerprint density at radius 1 is 0.839 bits per heavy atom. The van der Waals surface area contributed by atoms with Crippen molar-refractivity contribution in [3.05, 3.63) is 64.1 Å². The second-order valence-corrected chi connectivity index (χ2v) is 9.67. The summed E-state index contributed by atoms with van der Waals surface area (Å²) in [5.74, 6) is 0.487. The molecule has 0 N–H and O–H groups in total. The summed E-state index contributed by atoms with van der Waals surface area (Å²) in [6.45, 7) is 2.03. The fourth-order valence-corrected chi connectivity index (χ4v) is 4.75. The molecule has 164 valence electrons. The second-order valence-electron chi connectivity index (χ2n) is 8.75. The minimum Gasteiger partial charge on any atom is -0.334 e. The molecule has 0 atom stereocenters. The standard InChI is InChI=1S/C26H31BrN2O2/c27-23-12-9-11-21(18-23)25(30)28-16-7-3-1-2-4-8-17-29(26(31)20-14-15-20)24-13-6-5-10-22(24)19-28/h5-6,9-13,18,20H,1-4,7-8,14-17,19H2. The number of carbonyl (C=O) groups is 2. The third-order valence-corrected chi connectivity index (χ3v) is 6.75. The summed E-state index contributed by atoms with van der Waals surface area (Å²) >= 11 is 3.49. The Morgan fingerprint density at radius 2 is 1.55 bits per heavy atom. The zero-order valence-corrected chi connectivity index (χ0v) is 19.6. The quantitative estimate of drug-likeness (QED) is 0.511. The van der Waals surface area contributed by atoms with E-state index in [0.29, 0.717) is 12.1 Å². The largest absolute Gasteiger partial charge is 0.334 e. The number of fused-ring (bicyclic) bond motifs is 1. The van der Waals surface area contributed by atoms with Crippen LogP contribution in [-0.4, -0.2) is 29.8 Å². The van der Waals surface area contributed by atoms with Gasteiger partial charge in [0.1, 0.15) is 0 Å². The highest BCUT2D eigenvalue weighted by Crippen LogP contribution is 2.34. The van der Waals surface area contributed by atoms with Gasteiger partial charge >= 0.3 is 0 Å². The zero-order chi connectivity index (χ0) is 21.6. The Hall–Kier alpha value is -2.14. The third kappa shape index (κ3) is 5.76. The first kappa shape index (κ1) is 22.1. The van der Waals surface area contributed by atoms with Crippen LogP contribution in [0, 0.1) is 5.92 Å². The van der Waals surface area contributed by atoms with Crippen molar-refractivity contribution in [2.45, 2.75) is 57.9 Å². The number of benzene rings is 2. The molecular formula is C26H31BrN2O2. The lowest BCUT2D eigenvalue weighted by atomic mass is 10.1. The molecule has 0 saturated heterocycles. The number of nitrogens with zero attached hydrogens (tertiary/aromatic N) is 2. The van der Waals surface area contributed by atoms with Gasteiger partial charge in [-0.05, 0) is 55.5 Å². The first-order valence-corrected chi connectivity index (χ1v) is 12.4. The lowest BCUT2D eigenvalue weighted by molar-refractivity contribution is -0.119. The van der Waals surface area contributed by atoms with E-state index in [0.717, 1.165) is 67.3 Å². The molecular weight excluding hydrogens is 452 g/mol. The Labute approximate surface area is 193 Å². The van der Waals surface area contributed by atoms with Gasteiger partial charge < -0.3 is 9.80 Å². The Kier molecular flexibility index (Phi) is 7.44. The maximum atomic E-state index is 13.4. The molecule has 1 heterocycles. The van der Waals surface area contributed by atoms with Crippen LogP contribution in [-0.2, 0) is 11.3 Å². The van der Waals surface area contributed by atoms with Gasteiger partial charge in [-0.1, -0.05) is 65.9 Å². The first-order valence-electron chi connectivity index (χ1n) is 11.6. The van der Waals surface area contributed by atoms with Crippen LogP contribution in [0.5, 0.6) is 0 Å². The summed E-state index contributed by atoms with van der Waals surface area (Å²) in [6.07, 6.45) is 8.71. The van der Waals surface area contributed by atoms with Crippen molar-refractivity contribution in [2.24, 2.45) is 5.92 Å². The Balaban J connectivity index is 1.65. The van der Waals surface area contributed by atoms with Gasteiger partial charge in [-0.15, -0.1) is 0 Å². The minimum absolute atomic E-state index is 0.0473. The average molecular weight is 483 g/mol. The van der Waals surface area contributed by atoms with Crippen molar-refractivity contribution < 1.29 is 9.59 Å². The normalized spacial score (nSPS) is 18.4. The fraction of sp³-hybridized carbons (Fsp3) is 0.462. The van der Waals surface area contributed by atoms with E-state index in [-0.39, 0.29) is 17.7 Å². The summed E-state index contributed by atoms with van der Waals surface area (Å²) in [7, 11) is 0. The summed E-state index contributed by atoms with van der Waals surface area (Å²) in [5.41, 5.74) is 2.73. The maximum Gasteiger partial charge on any atom is 0.254 e. The molecule has 0 aromatic heterocycles. The number of amides is 2. The summed E-state index contributed by atoms with van der Waals surface area (Å²) in [6, 6.07) is 15.8. The molecule has 2 aromatic rings. The van der Waals surface area contributed by atoms with Gasteiger partial charge in [0.2, 0.25) is 5.91 Å². The van der Waals surface area contributed by atoms with Gasteiger partial charge in [0.05, 0.1) is 0 Å². The van der Waals surface area contributed by atoms with Crippen LogP contribution in [0.3, 0.4) is 0 Å². The van der Waals surface area contributed by atoms with Crippen LogP contribution in [0.15, 0.2) is 53.0 Å². The predicted molar refractivity (Wildman–Crippen MR) is 128 cm³/mol. The van der Waals surface area contributed by atoms with E-state index in [1.54, 1.807) is 0 Å². The van der Waals surface area contributed by atoms with E-state index in [1.165, 1.54) is 12.8 Å². The van der Waals surface area contributed by atoms with E-state index in [1.807, 2.05) is 46.2 Å². The van der Waals surface area contributed by atoms with Crippen molar-refractivity contribution in [2.75, 3.05) is 18.0 Å². The molecule has 0 bridgehead atoms. The van der Waals surface area contributed by atoms with E-state index < -0.39 is 0 Å². The lowest BCUT2D eigenvalue weighted by Gasteiger charge is -2.28. The molecule has 2 aliphatic rings. The molecule has 0 spiro atoms. The highest BCUT2D eigenvalue weighted by atomic mass is 79.9. The van der Waals surface area contributed by atoms with Crippen LogP contribution < -0.4 is 4.90 Å². The summed E-state index contributed by atoms with van der Waals surface area (Å²) in [4.78, 5) is 30.5. The van der Waals surface area contributed by atoms with Gasteiger partial charge in [-0.2, -0.15) is 0 Å².